The van der Waals surface area contributed by atoms with Gasteiger partial charge in [0.15, 0.2) is 20.8 Å². The predicted molar refractivity (Wildman–Crippen MR) is 107 cm³/mol. The molecule has 0 amide bonds. The van der Waals surface area contributed by atoms with Gasteiger partial charge in [-0.15, -0.1) is 10.2 Å². The topological polar surface area (TPSA) is 81.9 Å². The van der Waals surface area contributed by atoms with E-state index in [1.807, 2.05) is 50.6 Å². The van der Waals surface area contributed by atoms with Gasteiger partial charge < -0.3 is 4.57 Å². The number of benzene rings is 1. The number of aryl methyl sites for hydroxylation is 2. The Bertz CT molecular complexity index is 967. The lowest BCUT2D eigenvalue weighted by Crippen LogP contribution is -2.15. The van der Waals surface area contributed by atoms with Crippen LogP contribution in [0.15, 0.2) is 23.4 Å². The number of carbonyl (C=O) groups is 1. The Hall–Kier alpha value is -1.67. The van der Waals surface area contributed by atoms with E-state index >= 15 is 0 Å². The number of nitrogens with zero attached hydrogens (tertiary/aromatic N) is 3. The summed E-state index contributed by atoms with van der Waals surface area (Å²) in [6.45, 7) is 5.90. The van der Waals surface area contributed by atoms with Crippen molar-refractivity contribution in [3.63, 3.8) is 0 Å². The van der Waals surface area contributed by atoms with Gasteiger partial charge in [-0.1, -0.05) is 23.9 Å². The molecule has 27 heavy (non-hydrogen) atoms. The minimum atomic E-state index is -2.90. The lowest BCUT2D eigenvalue weighted by Gasteiger charge is -2.12. The Kier molecular flexibility index (Phi) is 5.76. The highest BCUT2D eigenvalue weighted by molar-refractivity contribution is 8.00. The normalized spacial score (nSPS) is 19.9. The first kappa shape index (κ1) is 20.1. The summed E-state index contributed by atoms with van der Waals surface area (Å²) < 4.78 is 25.1. The van der Waals surface area contributed by atoms with E-state index in [2.05, 4.69) is 10.2 Å². The molecule has 2 atom stereocenters. The molecule has 0 bridgehead atoms. The Morgan fingerprint density at radius 1 is 1.30 bits per heavy atom. The van der Waals surface area contributed by atoms with Gasteiger partial charge in [0.1, 0.15) is 5.82 Å². The molecule has 146 valence electrons. The number of aromatic nitrogens is 3. The highest BCUT2D eigenvalue weighted by atomic mass is 32.2. The fourth-order valence-electron chi connectivity index (χ4n) is 3.26. The molecular formula is C19H25N3O3S2. The fraction of sp³-hybridized carbons (Fsp3) is 0.526. The van der Waals surface area contributed by atoms with E-state index in [0.29, 0.717) is 23.6 Å². The predicted octanol–water partition coefficient (Wildman–Crippen LogP) is 2.77. The smallest absolute Gasteiger partial charge is 0.191 e. The quantitative estimate of drug-likeness (QED) is 0.541. The molecule has 1 aliphatic rings. The Labute approximate surface area is 164 Å². The number of ketones is 1. The Morgan fingerprint density at radius 2 is 2.04 bits per heavy atom. The van der Waals surface area contributed by atoms with Crippen LogP contribution in [0.3, 0.4) is 0 Å². The maximum Gasteiger partial charge on any atom is 0.191 e. The van der Waals surface area contributed by atoms with Gasteiger partial charge >= 0.3 is 0 Å². The minimum Gasteiger partial charge on any atom is -0.309 e. The summed E-state index contributed by atoms with van der Waals surface area (Å²) in [6, 6.07) is 5.76. The number of carbonyl (C=O) groups excluding carboxylic acids is 1. The van der Waals surface area contributed by atoms with Crippen LogP contribution >= 0.6 is 11.8 Å². The summed E-state index contributed by atoms with van der Waals surface area (Å²) in [4.78, 5) is 12.7. The first-order valence-corrected chi connectivity index (χ1v) is 11.7. The molecule has 1 aliphatic heterocycles. The summed E-state index contributed by atoms with van der Waals surface area (Å²) in [7, 11) is -1.03. The number of Topliss-reactive ketones (excluding diaryl/α,β-unsaturated/α-hetero) is 1. The van der Waals surface area contributed by atoms with Gasteiger partial charge in [-0.25, -0.2) is 8.42 Å². The third kappa shape index (κ3) is 4.60. The van der Waals surface area contributed by atoms with E-state index in [0.717, 1.165) is 11.4 Å². The zero-order valence-corrected chi connectivity index (χ0v) is 17.7. The van der Waals surface area contributed by atoms with Gasteiger partial charge in [-0.05, 0) is 50.3 Å². The second-order valence-electron chi connectivity index (χ2n) is 7.35. The van der Waals surface area contributed by atoms with Gasteiger partial charge in [0.25, 0.3) is 0 Å². The van der Waals surface area contributed by atoms with E-state index in [-0.39, 0.29) is 28.5 Å². The highest BCUT2D eigenvalue weighted by Gasteiger charge is 2.29. The SMILES string of the molecule is Cc1ccc(C(=O)C(C)Sc2nnc(CC3CCS(=O)(=O)C3)n2C)cc1C. The van der Waals surface area contributed by atoms with Crippen molar-refractivity contribution in [1.82, 2.24) is 14.8 Å². The van der Waals surface area contributed by atoms with Crippen molar-refractivity contribution in [3.8, 4) is 0 Å². The molecule has 2 aromatic rings. The highest BCUT2D eigenvalue weighted by Crippen LogP contribution is 2.27. The van der Waals surface area contributed by atoms with Crippen LogP contribution in [0, 0.1) is 19.8 Å². The van der Waals surface area contributed by atoms with Gasteiger partial charge in [0, 0.05) is 19.0 Å². The molecular weight excluding hydrogens is 382 g/mol. The van der Waals surface area contributed by atoms with Crippen LogP contribution in [0.25, 0.3) is 0 Å². The maximum atomic E-state index is 12.7. The lowest BCUT2D eigenvalue weighted by molar-refractivity contribution is 0.0993. The first-order chi connectivity index (χ1) is 12.7. The molecule has 1 aromatic heterocycles. The number of sulfone groups is 1. The second kappa shape index (κ2) is 7.75. The number of rotatable bonds is 6. The van der Waals surface area contributed by atoms with Crippen molar-refractivity contribution < 1.29 is 13.2 Å². The van der Waals surface area contributed by atoms with E-state index in [1.165, 1.54) is 17.3 Å². The maximum absolute atomic E-state index is 12.7. The van der Waals surface area contributed by atoms with Crippen LogP contribution in [0.1, 0.15) is 40.7 Å². The number of hydrogen-bond donors (Lipinski definition) is 0. The molecule has 0 saturated carbocycles. The summed E-state index contributed by atoms with van der Waals surface area (Å²) in [5.41, 5.74) is 2.97. The summed E-state index contributed by atoms with van der Waals surface area (Å²) in [5.74, 6) is 1.42. The van der Waals surface area contributed by atoms with Crippen molar-refractivity contribution in [2.24, 2.45) is 13.0 Å². The molecule has 0 spiro atoms. The molecule has 1 fully saturated rings. The molecule has 2 heterocycles. The molecule has 2 unspecified atom stereocenters. The molecule has 1 aromatic carbocycles. The van der Waals surface area contributed by atoms with Gasteiger partial charge in [0.05, 0.1) is 16.8 Å². The van der Waals surface area contributed by atoms with Gasteiger partial charge in [-0.3, -0.25) is 4.79 Å². The average molecular weight is 408 g/mol. The Morgan fingerprint density at radius 3 is 2.67 bits per heavy atom. The van der Waals surface area contributed by atoms with E-state index in [4.69, 9.17) is 0 Å². The molecule has 3 rings (SSSR count). The van der Waals surface area contributed by atoms with Crippen molar-refractivity contribution in [3.05, 3.63) is 40.7 Å². The fourth-order valence-corrected chi connectivity index (χ4v) is 6.03. The minimum absolute atomic E-state index is 0.0644. The molecule has 0 N–H and O–H groups in total. The molecule has 0 radical (unpaired) electrons. The van der Waals surface area contributed by atoms with Crippen LogP contribution in [0.2, 0.25) is 0 Å². The average Bonchev–Trinajstić information content (AvgIpc) is 3.12. The van der Waals surface area contributed by atoms with Crippen LogP contribution in [0.5, 0.6) is 0 Å². The van der Waals surface area contributed by atoms with Crippen LogP contribution < -0.4 is 0 Å². The zero-order valence-electron chi connectivity index (χ0n) is 16.1. The largest absolute Gasteiger partial charge is 0.309 e. The summed E-state index contributed by atoms with van der Waals surface area (Å²) in [5, 5.41) is 8.83. The number of hydrogen-bond acceptors (Lipinski definition) is 6. The Balaban J connectivity index is 1.67. The third-order valence-electron chi connectivity index (χ3n) is 5.17. The molecule has 1 saturated heterocycles. The number of thioether (sulfide) groups is 1. The first-order valence-electron chi connectivity index (χ1n) is 9.03. The van der Waals surface area contributed by atoms with Crippen molar-refractivity contribution >= 4 is 27.4 Å². The van der Waals surface area contributed by atoms with Gasteiger partial charge in [0.2, 0.25) is 0 Å². The molecule has 8 heteroatoms. The van der Waals surface area contributed by atoms with Crippen molar-refractivity contribution in [2.75, 3.05) is 11.5 Å². The van der Waals surface area contributed by atoms with Crippen LogP contribution in [-0.2, 0) is 23.3 Å². The van der Waals surface area contributed by atoms with Crippen LogP contribution in [0.4, 0.5) is 0 Å². The standard InChI is InChI=1S/C19H25N3O3S2/c1-12-5-6-16(9-13(12)2)18(23)14(3)26-19-21-20-17(22(19)4)10-15-7-8-27(24,25)11-15/h5-6,9,14-15H,7-8,10-11H2,1-4H3. The summed E-state index contributed by atoms with van der Waals surface area (Å²) >= 11 is 1.38. The summed E-state index contributed by atoms with van der Waals surface area (Å²) in [6.07, 6.45) is 1.28. The monoisotopic (exact) mass is 407 g/mol. The van der Waals surface area contributed by atoms with E-state index in [9.17, 15) is 13.2 Å². The van der Waals surface area contributed by atoms with Crippen molar-refractivity contribution in [2.45, 2.75) is 44.0 Å². The van der Waals surface area contributed by atoms with Gasteiger partial charge in [-0.2, -0.15) is 0 Å². The zero-order chi connectivity index (χ0) is 19.8. The van der Waals surface area contributed by atoms with Crippen molar-refractivity contribution in [1.29, 1.82) is 0 Å². The molecule has 0 aliphatic carbocycles. The van der Waals surface area contributed by atoms with E-state index in [1.54, 1.807) is 0 Å². The second-order valence-corrected chi connectivity index (χ2v) is 10.9. The third-order valence-corrected chi connectivity index (χ3v) is 8.14. The van der Waals surface area contributed by atoms with E-state index < -0.39 is 9.84 Å². The molecule has 6 nitrogen and oxygen atoms in total. The lowest BCUT2D eigenvalue weighted by atomic mass is 10.0. The van der Waals surface area contributed by atoms with Crippen LogP contribution in [-0.4, -0.2) is 45.7 Å².